The number of benzene rings is 2. The molecule has 4 nitrogen and oxygen atoms in total. The smallest absolute Gasteiger partial charge is 0.259 e. The second kappa shape index (κ2) is 9.59. The number of rotatable bonds is 4. The van der Waals surface area contributed by atoms with Gasteiger partial charge in [0.2, 0.25) is 0 Å². The number of aromatic nitrogens is 1. The normalized spacial score (nSPS) is 14.2. The van der Waals surface area contributed by atoms with Gasteiger partial charge in [-0.3, -0.25) is 4.79 Å². The number of anilines is 1. The molecular formula is C29H31N3OS. The molecule has 34 heavy (non-hydrogen) atoms. The Morgan fingerprint density at radius 2 is 1.82 bits per heavy atom. The van der Waals surface area contributed by atoms with Crippen molar-refractivity contribution >= 4 is 45.0 Å². The number of nitrogens with one attached hydrogen (secondary N) is 1. The highest BCUT2D eigenvalue weighted by molar-refractivity contribution is 7.16. The lowest BCUT2D eigenvalue weighted by atomic mass is 9.96. The third-order valence-corrected chi connectivity index (χ3v) is 8.11. The van der Waals surface area contributed by atoms with E-state index < -0.39 is 0 Å². The minimum Gasteiger partial charge on any atom is -0.347 e. The fraction of sp³-hybridized carbons (Fsp3) is 0.310. The number of fused-ring (bicyclic) bond motifs is 2. The van der Waals surface area contributed by atoms with Crippen LogP contribution in [-0.4, -0.2) is 16.7 Å². The van der Waals surface area contributed by atoms with Crippen LogP contribution in [0.5, 0.6) is 0 Å². The number of aryl methyl sites for hydroxylation is 3. The number of hydrogen-bond donors (Lipinski definition) is 1. The molecular weight excluding hydrogens is 438 g/mol. The van der Waals surface area contributed by atoms with Gasteiger partial charge in [0.25, 0.3) is 5.91 Å². The van der Waals surface area contributed by atoms with Gasteiger partial charge in [0.1, 0.15) is 5.00 Å². The highest BCUT2D eigenvalue weighted by atomic mass is 32.1. The van der Waals surface area contributed by atoms with E-state index in [0.717, 1.165) is 46.6 Å². The molecule has 0 aliphatic heterocycles. The van der Waals surface area contributed by atoms with Crippen molar-refractivity contribution in [3.05, 3.63) is 81.4 Å². The van der Waals surface area contributed by atoms with Gasteiger partial charge in [0.15, 0.2) is 0 Å². The zero-order valence-electron chi connectivity index (χ0n) is 20.1. The Morgan fingerprint density at radius 1 is 1.03 bits per heavy atom. The average Bonchev–Trinajstić information content (AvgIpc) is 3.26. The Hall–Kier alpha value is -3.18. The summed E-state index contributed by atoms with van der Waals surface area (Å²) in [5.41, 5.74) is 7.40. The lowest BCUT2D eigenvalue weighted by Gasteiger charge is -2.12. The van der Waals surface area contributed by atoms with Gasteiger partial charge in [-0.25, -0.2) is 4.99 Å². The largest absolute Gasteiger partial charge is 0.347 e. The Bertz CT molecular complexity index is 1390. The van der Waals surface area contributed by atoms with Crippen LogP contribution in [0.4, 0.5) is 10.7 Å². The molecule has 0 spiro atoms. The van der Waals surface area contributed by atoms with E-state index in [4.69, 9.17) is 4.99 Å². The lowest BCUT2D eigenvalue weighted by molar-refractivity contribution is 0.102. The van der Waals surface area contributed by atoms with Crippen LogP contribution < -0.4 is 5.32 Å². The number of para-hydroxylation sites is 1. The van der Waals surface area contributed by atoms with E-state index in [1.807, 2.05) is 37.4 Å². The summed E-state index contributed by atoms with van der Waals surface area (Å²) in [5, 5.41) is 5.16. The molecule has 0 atom stereocenters. The summed E-state index contributed by atoms with van der Waals surface area (Å²) in [5.74, 6) is -0.0505. The fourth-order valence-electron chi connectivity index (χ4n) is 4.98. The van der Waals surface area contributed by atoms with Crippen molar-refractivity contribution < 1.29 is 4.79 Å². The minimum absolute atomic E-state index is 0.0505. The first kappa shape index (κ1) is 22.6. The standard InChI is InChI=1S/C29H31N3OS/c1-19-11-10-12-21(17-19)31-28(33)27-23-14-6-4-5-7-16-26(23)34-29(27)30-18-24-20(2)32(3)25-15-9-8-13-22(24)25/h8-13,15,17-18H,4-7,14,16H2,1-3H3,(H,31,33). The first-order chi connectivity index (χ1) is 16.5. The number of amides is 1. The second-order valence-electron chi connectivity index (χ2n) is 9.26. The summed E-state index contributed by atoms with van der Waals surface area (Å²) >= 11 is 1.70. The summed E-state index contributed by atoms with van der Waals surface area (Å²) in [6.07, 6.45) is 8.73. The van der Waals surface area contributed by atoms with Crippen molar-refractivity contribution in [2.45, 2.75) is 52.4 Å². The number of hydrogen-bond acceptors (Lipinski definition) is 3. The Balaban J connectivity index is 1.57. The number of carbonyl (C=O) groups is 1. The van der Waals surface area contributed by atoms with Crippen LogP contribution >= 0.6 is 11.3 Å². The third kappa shape index (κ3) is 4.32. The molecule has 2 heterocycles. The van der Waals surface area contributed by atoms with Gasteiger partial charge in [0.05, 0.1) is 5.56 Å². The molecule has 4 aromatic rings. The van der Waals surface area contributed by atoms with Crippen molar-refractivity contribution in [3.63, 3.8) is 0 Å². The van der Waals surface area contributed by atoms with Crippen LogP contribution in [0.2, 0.25) is 0 Å². The first-order valence-electron chi connectivity index (χ1n) is 12.1. The summed E-state index contributed by atoms with van der Waals surface area (Å²) in [7, 11) is 2.09. The zero-order chi connectivity index (χ0) is 23.7. The molecule has 5 rings (SSSR count). The number of nitrogens with zero attached hydrogens (tertiary/aromatic N) is 2. The predicted molar refractivity (Wildman–Crippen MR) is 144 cm³/mol. The third-order valence-electron chi connectivity index (χ3n) is 6.92. The fourth-order valence-corrected chi connectivity index (χ4v) is 6.21. The molecule has 0 saturated carbocycles. The van der Waals surface area contributed by atoms with E-state index in [0.29, 0.717) is 0 Å². The summed E-state index contributed by atoms with van der Waals surface area (Å²) in [4.78, 5) is 19.9. The Morgan fingerprint density at radius 3 is 2.65 bits per heavy atom. The van der Waals surface area contributed by atoms with Crippen molar-refractivity contribution in [1.82, 2.24) is 4.57 Å². The molecule has 5 heteroatoms. The van der Waals surface area contributed by atoms with Gasteiger partial charge in [0, 0.05) is 46.0 Å². The van der Waals surface area contributed by atoms with Gasteiger partial charge in [-0.2, -0.15) is 0 Å². The van der Waals surface area contributed by atoms with E-state index in [9.17, 15) is 4.79 Å². The second-order valence-corrected chi connectivity index (χ2v) is 10.3. The van der Waals surface area contributed by atoms with E-state index in [-0.39, 0.29) is 5.91 Å². The van der Waals surface area contributed by atoms with Gasteiger partial charge in [-0.15, -0.1) is 11.3 Å². The van der Waals surface area contributed by atoms with Gasteiger partial charge < -0.3 is 9.88 Å². The molecule has 0 fully saturated rings. The summed E-state index contributed by atoms with van der Waals surface area (Å²) < 4.78 is 2.20. The van der Waals surface area contributed by atoms with Crippen molar-refractivity contribution in [2.24, 2.45) is 12.0 Å². The van der Waals surface area contributed by atoms with E-state index in [2.05, 4.69) is 48.1 Å². The maximum absolute atomic E-state index is 13.6. The van der Waals surface area contributed by atoms with E-state index in [1.54, 1.807) is 11.3 Å². The molecule has 0 saturated heterocycles. The number of thiophene rings is 1. The zero-order valence-corrected chi connectivity index (χ0v) is 21.0. The quantitative estimate of drug-likeness (QED) is 0.309. The molecule has 1 amide bonds. The Kier molecular flexibility index (Phi) is 6.38. The molecule has 1 N–H and O–H groups in total. The van der Waals surface area contributed by atoms with Crippen molar-refractivity contribution in [1.29, 1.82) is 0 Å². The molecule has 0 unspecified atom stereocenters. The molecule has 1 aliphatic carbocycles. The average molecular weight is 470 g/mol. The Labute approximate surface area is 205 Å². The maximum Gasteiger partial charge on any atom is 0.259 e. The highest BCUT2D eigenvalue weighted by Gasteiger charge is 2.24. The SMILES string of the molecule is Cc1cccc(NC(=O)c2c(N=Cc3c(C)n(C)c4ccccc34)sc3c2CCCCCC3)c1. The monoisotopic (exact) mass is 469 g/mol. The van der Waals surface area contributed by atoms with Crippen LogP contribution in [0.3, 0.4) is 0 Å². The van der Waals surface area contributed by atoms with Crippen LogP contribution in [0, 0.1) is 13.8 Å². The molecule has 1 aliphatic rings. The number of carbonyl (C=O) groups excluding carboxylic acids is 1. The minimum atomic E-state index is -0.0505. The highest BCUT2D eigenvalue weighted by Crippen LogP contribution is 2.39. The number of aliphatic imine (C=N–C) groups is 1. The predicted octanol–water partition coefficient (Wildman–Crippen LogP) is 7.52. The van der Waals surface area contributed by atoms with Crippen LogP contribution in [0.15, 0.2) is 53.5 Å². The van der Waals surface area contributed by atoms with Gasteiger partial charge in [-0.05, 0) is 68.9 Å². The van der Waals surface area contributed by atoms with Crippen molar-refractivity contribution in [3.8, 4) is 0 Å². The van der Waals surface area contributed by atoms with Crippen LogP contribution in [0.25, 0.3) is 10.9 Å². The molecule has 2 aromatic carbocycles. The van der Waals surface area contributed by atoms with Crippen LogP contribution in [-0.2, 0) is 19.9 Å². The molecule has 174 valence electrons. The maximum atomic E-state index is 13.6. The van der Waals surface area contributed by atoms with E-state index >= 15 is 0 Å². The molecule has 0 radical (unpaired) electrons. The molecule has 0 bridgehead atoms. The summed E-state index contributed by atoms with van der Waals surface area (Å²) in [6.45, 7) is 4.17. The van der Waals surface area contributed by atoms with Crippen LogP contribution in [0.1, 0.15) is 63.3 Å². The lowest BCUT2D eigenvalue weighted by Crippen LogP contribution is -2.14. The van der Waals surface area contributed by atoms with Gasteiger partial charge >= 0.3 is 0 Å². The summed E-state index contributed by atoms with van der Waals surface area (Å²) in [6, 6.07) is 16.4. The topological polar surface area (TPSA) is 46.4 Å². The molecule has 2 aromatic heterocycles. The van der Waals surface area contributed by atoms with Gasteiger partial charge in [-0.1, -0.05) is 43.2 Å². The van der Waals surface area contributed by atoms with Crippen molar-refractivity contribution in [2.75, 3.05) is 5.32 Å². The first-order valence-corrected chi connectivity index (χ1v) is 12.9. The van der Waals surface area contributed by atoms with E-state index in [1.165, 1.54) is 46.3 Å².